The molecule has 0 radical (unpaired) electrons. The number of hydrogen-bond acceptors (Lipinski definition) is 2. The predicted molar refractivity (Wildman–Crippen MR) is 116 cm³/mol. The van der Waals surface area contributed by atoms with Crippen LogP contribution in [0.1, 0.15) is 43.6 Å². The first-order valence-corrected chi connectivity index (χ1v) is 10.3. The molecule has 2 aliphatic heterocycles. The number of aromatic nitrogens is 1. The highest BCUT2D eigenvalue weighted by Crippen LogP contribution is 2.39. The summed E-state index contributed by atoms with van der Waals surface area (Å²) in [5.74, 6) is 1.82. The number of fused-ring (bicyclic) bond motifs is 2. The molecule has 0 saturated heterocycles. The third-order valence-corrected chi connectivity index (χ3v) is 5.74. The summed E-state index contributed by atoms with van der Waals surface area (Å²) in [5.41, 5.74) is 7.67. The van der Waals surface area contributed by atoms with Crippen LogP contribution in [0.4, 0.5) is 5.69 Å². The van der Waals surface area contributed by atoms with Crippen LogP contribution in [0.15, 0.2) is 54.4 Å². The van der Waals surface area contributed by atoms with Gasteiger partial charge in [-0.15, -0.1) is 0 Å². The number of hydrogen-bond donors (Lipinski definition) is 0. The van der Waals surface area contributed by atoms with Crippen molar-refractivity contribution in [2.75, 3.05) is 11.4 Å². The average molecular weight is 500 g/mol. The van der Waals surface area contributed by atoms with Crippen molar-refractivity contribution in [3.05, 3.63) is 71.4 Å². The second-order valence-corrected chi connectivity index (χ2v) is 7.47. The molecule has 3 aliphatic rings. The minimum absolute atomic E-state index is 0. The largest absolute Gasteiger partial charge is 1.00 e. The van der Waals surface area contributed by atoms with E-state index in [1.165, 1.54) is 35.4 Å². The lowest BCUT2D eigenvalue weighted by Crippen LogP contribution is -3.00. The minimum atomic E-state index is 0. The summed E-state index contributed by atoms with van der Waals surface area (Å²) < 4.78 is 8.58. The summed E-state index contributed by atoms with van der Waals surface area (Å²) in [6, 6.07) is 17.1. The number of anilines is 1. The monoisotopic (exact) mass is 500 g/mol. The highest BCUT2D eigenvalue weighted by molar-refractivity contribution is 5.73. The van der Waals surface area contributed by atoms with Crippen LogP contribution in [-0.4, -0.2) is 6.54 Å². The van der Waals surface area contributed by atoms with Crippen LogP contribution < -0.4 is 38.2 Å². The van der Waals surface area contributed by atoms with Crippen LogP contribution in [0, 0.1) is 13.8 Å². The number of ether oxygens (including phenoxy) is 1. The fourth-order valence-corrected chi connectivity index (χ4v) is 4.14. The molecular weight excluding hydrogens is 471 g/mol. The molecule has 1 aromatic rings. The zero-order valence-electron chi connectivity index (χ0n) is 17.7. The number of benzene rings is 1. The smallest absolute Gasteiger partial charge is 0.201 e. The van der Waals surface area contributed by atoms with Gasteiger partial charge in [-0.2, -0.15) is 4.57 Å². The van der Waals surface area contributed by atoms with Crippen LogP contribution in [0.2, 0.25) is 0 Å². The molecule has 0 atom stereocenters. The molecule has 0 saturated carbocycles. The lowest BCUT2D eigenvalue weighted by Gasteiger charge is -2.15. The van der Waals surface area contributed by atoms with E-state index in [0.29, 0.717) is 0 Å². The van der Waals surface area contributed by atoms with Crippen LogP contribution in [0.25, 0.3) is 17.2 Å². The molecule has 0 unspecified atom stereocenters. The molecule has 0 fully saturated rings. The Labute approximate surface area is 191 Å². The first kappa shape index (κ1) is 21.6. The van der Waals surface area contributed by atoms with Gasteiger partial charge in [0.05, 0.1) is 16.8 Å². The van der Waals surface area contributed by atoms with E-state index >= 15 is 0 Å². The van der Waals surface area contributed by atoms with Crippen molar-refractivity contribution in [3.8, 4) is 16.9 Å². The van der Waals surface area contributed by atoms with Gasteiger partial charge in [-0.05, 0) is 36.8 Å². The normalized spacial score (nSPS) is 14.1. The molecule has 0 amide bonds. The van der Waals surface area contributed by atoms with Crippen LogP contribution >= 0.6 is 0 Å². The fourth-order valence-electron chi connectivity index (χ4n) is 4.14. The van der Waals surface area contributed by atoms with E-state index in [1.807, 2.05) is 12.1 Å². The number of rotatable bonds is 5. The SMILES string of the molecule is CCCC[n+]1c(C)c2ccc(/C=C3/Oc4ccccc4N3CC)ccc-2c1C.[I-]. The molecule has 1 aliphatic carbocycles. The number of para-hydroxylation sites is 2. The summed E-state index contributed by atoms with van der Waals surface area (Å²) in [6.07, 6.45) is 4.57. The van der Waals surface area contributed by atoms with Gasteiger partial charge >= 0.3 is 0 Å². The molecule has 152 valence electrons. The van der Waals surface area contributed by atoms with Crippen molar-refractivity contribution < 1.29 is 33.3 Å². The highest BCUT2D eigenvalue weighted by atomic mass is 127. The third-order valence-electron chi connectivity index (χ3n) is 5.74. The Balaban J connectivity index is 0.00000240. The van der Waals surface area contributed by atoms with Crippen LogP contribution in [0.3, 0.4) is 0 Å². The maximum Gasteiger partial charge on any atom is 0.201 e. The second-order valence-electron chi connectivity index (χ2n) is 7.47. The molecule has 2 heterocycles. The molecule has 4 heteroatoms. The first-order valence-electron chi connectivity index (χ1n) is 10.3. The van der Waals surface area contributed by atoms with Gasteiger partial charge in [0, 0.05) is 32.9 Å². The molecule has 0 spiro atoms. The highest BCUT2D eigenvalue weighted by Gasteiger charge is 2.26. The van der Waals surface area contributed by atoms with E-state index in [4.69, 9.17) is 4.74 Å². The van der Waals surface area contributed by atoms with Gasteiger partial charge in [0.25, 0.3) is 0 Å². The van der Waals surface area contributed by atoms with E-state index in [-0.39, 0.29) is 24.0 Å². The van der Waals surface area contributed by atoms with Crippen molar-refractivity contribution >= 4 is 11.8 Å². The third kappa shape index (κ3) is 4.00. The Morgan fingerprint density at radius 2 is 1.59 bits per heavy atom. The van der Waals surface area contributed by atoms with Crippen molar-refractivity contribution in [1.82, 2.24) is 0 Å². The Kier molecular flexibility index (Phi) is 6.83. The van der Waals surface area contributed by atoms with Crippen LogP contribution in [-0.2, 0) is 6.54 Å². The second kappa shape index (κ2) is 9.16. The van der Waals surface area contributed by atoms with Gasteiger partial charge in [-0.1, -0.05) is 37.6 Å². The predicted octanol–water partition coefficient (Wildman–Crippen LogP) is 2.72. The summed E-state index contributed by atoms with van der Waals surface area (Å²) in [5, 5.41) is 0. The van der Waals surface area contributed by atoms with Crippen molar-refractivity contribution in [3.63, 3.8) is 0 Å². The van der Waals surface area contributed by atoms with Crippen molar-refractivity contribution in [1.29, 1.82) is 0 Å². The van der Waals surface area contributed by atoms with E-state index in [9.17, 15) is 0 Å². The van der Waals surface area contributed by atoms with Crippen molar-refractivity contribution in [2.24, 2.45) is 0 Å². The molecule has 0 N–H and O–H groups in total. The first-order chi connectivity index (χ1) is 13.6. The maximum atomic E-state index is 6.12. The molecule has 29 heavy (non-hydrogen) atoms. The summed E-state index contributed by atoms with van der Waals surface area (Å²) in [4.78, 5) is 2.22. The van der Waals surface area contributed by atoms with Gasteiger partial charge in [0.1, 0.15) is 6.54 Å². The lowest BCUT2D eigenvalue weighted by atomic mass is 10.1. The summed E-state index contributed by atoms with van der Waals surface area (Å²) >= 11 is 0. The van der Waals surface area contributed by atoms with Gasteiger partial charge in [-0.25, -0.2) is 0 Å². The number of nitrogens with zero attached hydrogens (tertiary/aromatic N) is 2. The molecule has 0 bridgehead atoms. The topological polar surface area (TPSA) is 16.4 Å². The molecule has 4 rings (SSSR count). The van der Waals surface area contributed by atoms with Crippen LogP contribution in [0.5, 0.6) is 5.75 Å². The maximum absolute atomic E-state index is 6.12. The average Bonchev–Trinajstić information content (AvgIpc) is 3.05. The standard InChI is InChI=1S/C25H29N2O.HI/c1-5-7-16-27-18(3)21-14-12-20(13-15-22(21)19(27)4)17-25-26(6-2)23-10-8-9-11-24(23)28-25;/h8-15,17H,5-7,16H2,1-4H3;1H/q+1;/p-1. The summed E-state index contributed by atoms with van der Waals surface area (Å²) in [6.45, 7) is 10.8. The van der Waals surface area contributed by atoms with Gasteiger partial charge in [-0.3, -0.25) is 0 Å². The van der Waals surface area contributed by atoms with E-state index in [2.05, 4.69) is 79.6 Å². The Bertz CT molecular complexity index is 972. The van der Waals surface area contributed by atoms with Crippen molar-refractivity contribution in [2.45, 2.75) is 47.1 Å². The zero-order valence-corrected chi connectivity index (χ0v) is 19.9. The number of unbranched alkanes of at least 4 members (excludes halogenated alkanes) is 1. The quantitative estimate of drug-likeness (QED) is 0.396. The van der Waals surface area contributed by atoms with Gasteiger partial charge < -0.3 is 33.6 Å². The zero-order chi connectivity index (χ0) is 19.7. The molecule has 1 aromatic carbocycles. The van der Waals surface area contributed by atoms with Gasteiger partial charge in [0.2, 0.25) is 5.88 Å². The van der Waals surface area contributed by atoms with E-state index in [1.54, 1.807) is 0 Å². The van der Waals surface area contributed by atoms with E-state index < -0.39 is 0 Å². The minimum Gasteiger partial charge on any atom is -1.00 e. The summed E-state index contributed by atoms with van der Waals surface area (Å²) in [7, 11) is 0. The Morgan fingerprint density at radius 3 is 2.21 bits per heavy atom. The number of halogens is 1. The Hall–Kier alpha value is -2.08. The van der Waals surface area contributed by atoms with E-state index in [0.717, 1.165) is 36.0 Å². The molecule has 0 aromatic heterocycles. The Morgan fingerprint density at radius 1 is 0.931 bits per heavy atom. The lowest BCUT2D eigenvalue weighted by molar-refractivity contribution is -0.704. The van der Waals surface area contributed by atoms with Gasteiger partial charge in [0.15, 0.2) is 17.1 Å². The molecular formula is C25H29IN2O. The fraction of sp³-hybridized carbons (Fsp3) is 0.320. The molecule has 3 nitrogen and oxygen atoms in total.